The molecule has 0 saturated carbocycles. The number of hydrogen-bond acceptors (Lipinski definition) is 15. The van der Waals surface area contributed by atoms with Crippen LogP contribution in [0.5, 0.6) is 0 Å². The number of anilines is 3. The third-order valence-electron chi connectivity index (χ3n) is 16.2. The third-order valence-corrected chi connectivity index (χ3v) is 16.2. The van der Waals surface area contributed by atoms with Crippen molar-refractivity contribution in [1.29, 1.82) is 0 Å². The molecule has 25 heteroatoms. The van der Waals surface area contributed by atoms with Crippen molar-refractivity contribution in [3.8, 4) is 34.2 Å². The molecule has 0 unspecified atom stereocenters. The Labute approximate surface area is 519 Å². The van der Waals surface area contributed by atoms with Gasteiger partial charge in [-0.05, 0) is 154 Å². The summed E-state index contributed by atoms with van der Waals surface area (Å²) in [5.41, 5.74) is 19.3. The van der Waals surface area contributed by atoms with Gasteiger partial charge in [0.1, 0.15) is 34.5 Å². The molecule has 486 valence electrons. The van der Waals surface area contributed by atoms with Gasteiger partial charge in [-0.2, -0.15) is 41.6 Å². The highest BCUT2D eigenvalue weighted by molar-refractivity contribution is 5.92. The van der Waals surface area contributed by atoms with Gasteiger partial charge in [0.25, 0.3) is 0 Å². The molecule has 18 nitrogen and oxygen atoms in total. The standard InChI is InChI=1S/2C21H25F3N6.C21H27FN6.9H2/c2*1-12(2)8-13-9-14(25)11-30(10-13)17-6-5-16(21(22,23)24)19(27-17)18-15-4-3-7-26-20(15)29-28-18;1-13(2)9-14-10-21(3,23)12-28(11-14)17-7-6-16(22)19(25-17)18-15-5-4-8-24-20(15)27-26-18;;;;;;;;;/h2*3-7,12-14H,8-11,25H2,1-2H3,(H,26,28,29);4-8,13-14H,9-12,23H2,1-3H3,(H,24,26,27);9*1H/t13-,14+;13-,14-;14-,21+;;;;;;;;;/m111........./s1. The second-order valence-electron chi connectivity index (χ2n) is 25.6. The number of aromatic amines is 3. The van der Waals surface area contributed by atoms with Crippen LogP contribution >= 0.6 is 0 Å². The number of H-pyrrole nitrogens is 3. The zero-order valence-corrected chi connectivity index (χ0v) is 50.5. The molecule has 0 radical (unpaired) electrons. The molecule has 3 aliphatic heterocycles. The molecule has 0 amide bonds. The van der Waals surface area contributed by atoms with E-state index in [0.29, 0.717) is 100 Å². The van der Waals surface area contributed by atoms with Crippen LogP contribution in [-0.4, -0.2) is 117 Å². The van der Waals surface area contributed by atoms with Crippen LogP contribution < -0.4 is 31.9 Å². The van der Waals surface area contributed by atoms with E-state index in [4.69, 9.17) is 17.2 Å². The smallest absolute Gasteiger partial charge is 0.355 e. The van der Waals surface area contributed by atoms with Crippen molar-refractivity contribution in [1.82, 2.24) is 60.5 Å². The molecular weight excluding hydrogens is 1140 g/mol. The van der Waals surface area contributed by atoms with Crippen molar-refractivity contribution in [3.63, 3.8) is 0 Å². The summed E-state index contributed by atoms with van der Waals surface area (Å²) in [6, 6.07) is 18.6. The molecule has 0 aliphatic carbocycles. The van der Waals surface area contributed by atoms with Crippen molar-refractivity contribution < 1.29 is 43.6 Å². The molecule has 3 saturated heterocycles. The molecule has 3 aliphatic rings. The molecule has 88 heavy (non-hydrogen) atoms. The first-order chi connectivity index (χ1) is 41.8. The fourth-order valence-corrected chi connectivity index (χ4v) is 13.1. The van der Waals surface area contributed by atoms with E-state index < -0.39 is 23.5 Å². The molecule has 0 bridgehead atoms. The fraction of sp³-hybridized carbons (Fsp3) is 0.476. The Kier molecular flexibility index (Phi) is 18.7. The molecule has 3 fully saturated rings. The Morgan fingerprint density at radius 1 is 0.523 bits per heavy atom. The molecule has 9 N–H and O–H groups in total. The van der Waals surface area contributed by atoms with Crippen molar-refractivity contribution >= 4 is 50.6 Å². The van der Waals surface area contributed by atoms with E-state index in [-0.39, 0.29) is 64.7 Å². The Morgan fingerprint density at radius 2 is 0.886 bits per heavy atom. The van der Waals surface area contributed by atoms with E-state index in [2.05, 4.69) is 114 Å². The molecule has 0 aromatic carbocycles. The minimum absolute atomic E-state index is 0. The van der Waals surface area contributed by atoms with Gasteiger partial charge in [0, 0.05) is 104 Å². The lowest BCUT2D eigenvalue weighted by atomic mass is 9.81. The summed E-state index contributed by atoms with van der Waals surface area (Å²) in [4.78, 5) is 32.2. The number of pyridine rings is 6. The van der Waals surface area contributed by atoms with Crippen molar-refractivity contribution in [2.75, 3.05) is 54.0 Å². The second-order valence-corrected chi connectivity index (χ2v) is 25.6. The largest absolute Gasteiger partial charge is 0.418 e. The number of nitrogens with two attached hydrogens (primary N) is 3. The number of hydrogen-bond donors (Lipinski definition) is 6. The molecule has 12 rings (SSSR count). The average Bonchev–Trinajstić information content (AvgIpc) is 1.37. The summed E-state index contributed by atoms with van der Waals surface area (Å²) in [6.45, 7) is 19.4. The summed E-state index contributed by atoms with van der Waals surface area (Å²) in [5.74, 6) is 4.29. The molecule has 9 aromatic rings. The maximum absolute atomic E-state index is 14.7. The summed E-state index contributed by atoms with van der Waals surface area (Å²) < 4.78 is 97.2. The van der Waals surface area contributed by atoms with Crippen LogP contribution in [0.25, 0.3) is 67.3 Å². The molecule has 0 spiro atoms. The summed E-state index contributed by atoms with van der Waals surface area (Å²) in [5, 5.41) is 22.3. The van der Waals surface area contributed by atoms with Crippen LogP contribution in [0.2, 0.25) is 0 Å². The maximum Gasteiger partial charge on any atom is 0.418 e. The van der Waals surface area contributed by atoms with Gasteiger partial charge < -0.3 is 31.9 Å². The van der Waals surface area contributed by atoms with Crippen LogP contribution in [-0.2, 0) is 12.4 Å². The van der Waals surface area contributed by atoms with Crippen LogP contribution in [0, 0.1) is 41.3 Å². The second kappa shape index (κ2) is 26.0. The minimum Gasteiger partial charge on any atom is -0.355 e. The maximum atomic E-state index is 14.7. The SMILES string of the molecule is CC(C)C[C@@H]1C[C@@H](N)CN(c2ccc(C(F)(F)F)c(-c3[nH]nc4ncccc34)n2)C1.CC(C)C[C@@H]1C[C@H](N)CN(c2ccc(C(F)(F)F)c(-c3[nH]nc4ncccc34)n2)C1.CC(C)C[C@H]1CN(c2ccc(F)c(-c3[nH]nc4ncccc34)n2)C[C@@](C)(N)C1.[HH].[HH].[HH].[HH].[HH].[HH].[HH].[HH].[HH]. The van der Waals surface area contributed by atoms with Crippen LogP contribution in [0.1, 0.15) is 111 Å². The lowest BCUT2D eigenvalue weighted by molar-refractivity contribution is -0.138. The number of alkyl halides is 6. The quantitative estimate of drug-likeness (QED) is 0.0622. The predicted molar refractivity (Wildman–Crippen MR) is 348 cm³/mol. The Hall–Kier alpha value is -7.90. The molecule has 9 aromatic heterocycles. The predicted octanol–water partition coefficient (Wildman–Crippen LogP) is 14.4. The first-order valence-corrected chi connectivity index (χ1v) is 30.0. The van der Waals surface area contributed by atoms with E-state index in [1.165, 1.54) is 18.2 Å². The zero-order chi connectivity index (χ0) is 62.8. The average molecular weight is 1240 g/mol. The zero-order valence-electron chi connectivity index (χ0n) is 50.5. The monoisotopic (exact) mass is 1240 g/mol. The Balaban J connectivity index is 0.000000696. The molecule has 12 heterocycles. The highest BCUT2D eigenvalue weighted by atomic mass is 19.4. The Morgan fingerprint density at radius 3 is 1.30 bits per heavy atom. The number of rotatable bonds is 12. The topological polar surface area (TPSA) is 251 Å². The van der Waals surface area contributed by atoms with E-state index in [1.54, 1.807) is 48.9 Å². The Bertz CT molecular complexity index is 3690. The van der Waals surface area contributed by atoms with Gasteiger partial charge >= 0.3 is 12.4 Å². The van der Waals surface area contributed by atoms with Gasteiger partial charge in [-0.3, -0.25) is 15.3 Å². The summed E-state index contributed by atoms with van der Waals surface area (Å²) in [7, 11) is 0. The minimum atomic E-state index is -4.54. The molecular formula is C63H95F7N18. The lowest BCUT2D eigenvalue weighted by Crippen LogP contribution is -2.55. The van der Waals surface area contributed by atoms with Gasteiger partial charge in [0.2, 0.25) is 0 Å². The number of aromatic nitrogens is 12. The normalized spacial score (nSPS) is 21.1. The molecule has 6 atom stereocenters. The van der Waals surface area contributed by atoms with Crippen molar-refractivity contribution in [2.24, 2.45) is 52.7 Å². The number of fused-ring (bicyclic) bond motifs is 3. The van der Waals surface area contributed by atoms with Crippen molar-refractivity contribution in [3.05, 3.63) is 108 Å². The van der Waals surface area contributed by atoms with Gasteiger partial charge in [0.05, 0.1) is 28.2 Å². The van der Waals surface area contributed by atoms with E-state index in [9.17, 15) is 30.7 Å². The third kappa shape index (κ3) is 14.8. The van der Waals surface area contributed by atoms with Gasteiger partial charge in [-0.15, -0.1) is 0 Å². The highest BCUT2D eigenvalue weighted by Gasteiger charge is 2.39. The van der Waals surface area contributed by atoms with Gasteiger partial charge in [-0.1, -0.05) is 41.5 Å². The van der Waals surface area contributed by atoms with Crippen LogP contribution in [0.3, 0.4) is 0 Å². The summed E-state index contributed by atoms with van der Waals surface area (Å²) in [6.07, 6.45) is 1.66. The van der Waals surface area contributed by atoms with E-state index in [0.717, 1.165) is 81.5 Å². The van der Waals surface area contributed by atoms with Crippen LogP contribution in [0.4, 0.5) is 48.2 Å². The first kappa shape index (κ1) is 63.1. The van der Waals surface area contributed by atoms with Gasteiger partial charge in [-0.25, -0.2) is 34.3 Å². The van der Waals surface area contributed by atoms with Crippen molar-refractivity contribution in [2.45, 2.75) is 117 Å². The van der Waals surface area contributed by atoms with E-state index in [1.807, 2.05) is 21.9 Å². The lowest BCUT2D eigenvalue weighted by Gasteiger charge is -2.43. The van der Waals surface area contributed by atoms with Crippen LogP contribution in [0.15, 0.2) is 91.4 Å². The fourth-order valence-electron chi connectivity index (χ4n) is 13.1. The number of piperidine rings is 3. The number of nitrogens with zero attached hydrogens (tertiary/aromatic N) is 12. The van der Waals surface area contributed by atoms with E-state index >= 15 is 0 Å². The number of nitrogens with one attached hydrogen (secondary N) is 3. The van der Waals surface area contributed by atoms with Gasteiger partial charge in [0.15, 0.2) is 22.8 Å². The summed E-state index contributed by atoms with van der Waals surface area (Å²) >= 11 is 0. The first-order valence-electron chi connectivity index (χ1n) is 30.0. The number of halogens is 7. The highest BCUT2D eigenvalue weighted by Crippen LogP contribution is 2.42.